The zero-order chi connectivity index (χ0) is 16.4. The van der Waals surface area contributed by atoms with Crippen LogP contribution in [0.5, 0.6) is 5.75 Å². The fourth-order valence-corrected chi connectivity index (χ4v) is 2.24. The van der Waals surface area contributed by atoms with Crippen LogP contribution in [0.1, 0.15) is 32.4 Å². The molecule has 0 heterocycles. The van der Waals surface area contributed by atoms with E-state index in [1.54, 1.807) is 7.11 Å². The molecule has 0 aliphatic rings. The summed E-state index contributed by atoms with van der Waals surface area (Å²) < 4.78 is 10.7. The van der Waals surface area contributed by atoms with Gasteiger partial charge >= 0.3 is 0 Å². The monoisotopic (exact) mass is 308 g/mol. The maximum Gasteiger partial charge on any atom is 0.216 e. The number of rotatable bonds is 10. The van der Waals surface area contributed by atoms with Gasteiger partial charge in [-0.3, -0.25) is 4.79 Å². The van der Waals surface area contributed by atoms with E-state index in [1.807, 2.05) is 12.1 Å². The number of ether oxygens (including phenoxy) is 2. The van der Waals surface area contributed by atoms with E-state index in [0.717, 1.165) is 12.3 Å². The van der Waals surface area contributed by atoms with Crippen molar-refractivity contribution in [3.05, 3.63) is 29.8 Å². The average molecular weight is 308 g/mol. The molecule has 0 bridgehead atoms. The fraction of sp³-hybridized carbons (Fsp3) is 0.588. The zero-order valence-corrected chi connectivity index (χ0v) is 14.0. The van der Waals surface area contributed by atoms with Crippen LogP contribution in [0, 0.1) is 5.92 Å². The normalized spacial score (nSPS) is 12.2. The Morgan fingerprint density at radius 3 is 2.32 bits per heavy atom. The minimum Gasteiger partial charge on any atom is -0.497 e. The van der Waals surface area contributed by atoms with Crippen LogP contribution < -0.4 is 15.4 Å². The molecule has 1 rings (SSSR count). The molecule has 0 aliphatic carbocycles. The van der Waals surface area contributed by atoms with Crippen LogP contribution in [0.3, 0.4) is 0 Å². The SMILES string of the molecule is COc1ccc([C@H](NCCOCCNC(C)=O)C(C)C)cc1. The lowest BCUT2D eigenvalue weighted by molar-refractivity contribution is -0.119. The Labute approximate surface area is 133 Å². The van der Waals surface area contributed by atoms with E-state index in [-0.39, 0.29) is 11.9 Å². The third-order valence-corrected chi connectivity index (χ3v) is 3.37. The molecule has 22 heavy (non-hydrogen) atoms. The van der Waals surface area contributed by atoms with Gasteiger partial charge in [0.2, 0.25) is 5.91 Å². The molecule has 0 unspecified atom stereocenters. The highest BCUT2D eigenvalue weighted by Gasteiger charge is 2.14. The number of hydrogen-bond donors (Lipinski definition) is 2. The molecule has 0 radical (unpaired) electrons. The topological polar surface area (TPSA) is 59.6 Å². The van der Waals surface area contributed by atoms with Gasteiger partial charge in [0.25, 0.3) is 0 Å². The predicted molar refractivity (Wildman–Crippen MR) is 88.1 cm³/mol. The first kappa shape index (κ1) is 18.5. The van der Waals surface area contributed by atoms with Crippen molar-refractivity contribution in [3.8, 4) is 5.75 Å². The van der Waals surface area contributed by atoms with Gasteiger partial charge in [-0.25, -0.2) is 0 Å². The van der Waals surface area contributed by atoms with Gasteiger partial charge in [0.05, 0.1) is 20.3 Å². The Morgan fingerprint density at radius 2 is 1.77 bits per heavy atom. The molecule has 5 heteroatoms. The lowest BCUT2D eigenvalue weighted by Gasteiger charge is -2.23. The van der Waals surface area contributed by atoms with Gasteiger partial charge in [0.15, 0.2) is 0 Å². The van der Waals surface area contributed by atoms with E-state index >= 15 is 0 Å². The summed E-state index contributed by atoms with van der Waals surface area (Å²) in [6.45, 7) is 8.38. The second kappa shape index (κ2) is 10.2. The third kappa shape index (κ3) is 6.91. The van der Waals surface area contributed by atoms with Crippen molar-refractivity contribution < 1.29 is 14.3 Å². The van der Waals surface area contributed by atoms with Crippen LogP contribution in [-0.2, 0) is 9.53 Å². The Morgan fingerprint density at radius 1 is 1.14 bits per heavy atom. The highest BCUT2D eigenvalue weighted by molar-refractivity contribution is 5.72. The van der Waals surface area contributed by atoms with Crippen molar-refractivity contribution >= 4 is 5.91 Å². The number of nitrogens with one attached hydrogen (secondary N) is 2. The molecular weight excluding hydrogens is 280 g/mol. The van der Waals surface area contributed by atoms with Crippen LogP contribution in [0.4, 0.5) is 0 Å². The Bertz CT molecular complexity index is 432. The molecule has 0 aromatic heterocycles. The molecule has 0 fully saturated rings. The Balaban J connectivity index is 2.33. The maximum atomic E-state index is 10.7. The van der Waals surface area contributed by atoms with Gasteiger partial charge in [-0.1, -0.05) is 26.0 Å². The fourth-order valence-electron chi connectivity index (χ4n) is 2.24. The third-order valence-electron chi connectivity index (χ3n) is 3.37. The smallest absolute Gasteiger partial charge is 0.216 e. The summed E-state index contributed by atoms with van der Waals surface area (Å²) in [5, 5.41) is 6.22. The second-order valence-corrected chi connectivity index (χ2v) is 5.54. The van der Waals surface area contributed by atoms with Gasteiger partial charge in [-0.05, 0) is 23.6 Å². The largest absolute Gasteiger partial charge is 0.497 e. The van der Waals surface area contributed by atoms with E-state index in [1.165, 1.54) is 12.5 Å². The lowest BCUT2D eigenvalue weighted by Crippen LogP contribution is -2.30. The average Bonchev–Trinajstić information content (AvgIpc) is 2.49. The van der Waals surface area contributed by atoms with E-state index in [9.17, 15) is 4.79 Å². The molecule has 1 aromatic carbocycles. The number of benzene rings is 1. The van der Waals surface area contributed by atoms with Crippen molar-refractivity contribution in [1.82, 2.24) is 10.6 Å². The number of methoxy groups -OCH3 is 1. The van der Waals surface area contributed by atoms with Crippen molar-refractivity contribution in [3.63, 3.8) is 0 Å². The van der Waals surface area contributed by atoms with Crippen LogP contribution in [-0.4, -0.2) is 39.3 Å². The minimum atomic E-state index is -0.0268. The molecule has 0 aliphatic heterocycles. The van der Waals surface area contributed by atoms with Gasteiger partial charge in [-0.2, -0.15) is 0 Å². The Kier molecular flexibility index (Phi) is 8.55. The van der Waals surface area contributed by atoms with Crippen LogP contribution in [0.2, 0.25) is 0 Å². The molecule has 124 valence electrons. The van der Waals surface area contributed by atoms with E-state index in [4.69, 9.17) is 9.47 Å². The number of carbonyl (C=O) groups excluding carboxylic acids is 1. The molecular formula is C17H28N2O3. The lowest BCUT2D eigenvalue weighted by atomic mass is 9.96. The standard InChI is InChI=1S/C17H28N2O3/c1-13(2)17(15-5-7-16(21-4)8-6-15)19-10-12-22-11-9-18-14(3)20/h5-8,13,17,19H,9-12H2,1-4H3,(H,18,20)/t17-/m1/s1. The van der Waals surface area contributed by atoms with E-state index < -0.39 is 0 Å². The molecule has 2 N–H and O–H groups in total. The predicted octanol–water partition coefficient (Wildman–Crippen LogP) is 2.13. The van der Waals surface area contributed by atoms with Gasteiger partial charge in [0.1, 0.15) is 5.75 Å². The molecule has 0 spiro atoms. The first-order valence-corrected chi connectivity index (χ1v) is 7.74. The molecule has 1 atom stereocenters. The summed E-state index contributed by atoms with van der Waals surface area (Å²) in [4.78, 5) is 10.7. The quantitative estimate of drug-likeness (QED) is 0.650. The van der Waals surface area contributed by atoms with E-state index in [2.05, 4.69) is 36.6 Å². The maximum absolute atomic E-state index is 10.7. The minimum absolute atomic E-state index is 0.0268. The van der Waals surface area contributed by atoms with Crippen LogP contribution >= 0.6 is 0 Å². The van der Waals surface area contributed by atoms with Crippen LogP contribution in [0.15, 0.2) is 24.3 Å². The molecule has 5 nitrogen and oxygen atoms in total. The van der Waals surface area contributed by atoms with Crippen molar-refractivity contribution in [2.45, 2.75) is 26.8 Å². The summed E-state index contributed by atoms with van der Waals surface area (Å²) in [6, 6.07) is 8.43. The second-order valence-electron chi connectivity index (χ2n) is 5.54. The van der Waals surface area contributed by atoms with Gasteiger partial charge < -0.3 is 20.1 Å². The Hall–Kier alpha value is -1.59. The van der Waals surface area contributed by atoms with Crippen molar-refractivity contribution in [2.75, 3.05) is 33.4 Å². The molecule has 0 saturated carbocycles. The van der Waals surface area contributed by atoms with Gasteiger partial charge in [-0.15, -0.1) is 0 Å². The molecule has 1 aromatic rings. The van der Waals surface area contributed by atoms with Gasteiger partial charge in [0, 0.05) is 26.1 Å². The van der Waals surface area contributed by atoms with Crippen molar-refractivity contribution in [2.24, 2.45) is 5.92 Å². The molecule has 0 saturated heterocycles. The first-order valence-electron chi connectivity index (χ1n) is 7.74. The van der Waals surface area contributed by atoms with Crippen molar-refractivity contribution in [1.29, 1.82) is 0 Å². The summed E-state index contributed by atoms with van der Waals surface area (Å²) >= 11 is 0. The zero-order valence-electron chi connectivity index (χ0n) is 14.0. The highest BCUT2D eigenvalue weighted by Crippen LogP contribution is 2.23. The first-order chi connectivity index (χ1) is 10.5. The number of hydrogen-bond acceptors (Lipinski definition) is 4. The summed E-state index contributed by atoms with van der Waals surface area (Å²) in [6.07, 6.45) is 0. The number of amides is 1. The van der Waals surface area contributed by atoms with E-state index in [0.29, 0.717) is 25.7 Å². The highest BCUT2D eigenvalue weighted by atomic mass is 16.5. The summed E-state index contributed by atoms with van der Waals surface area (Å²) in [5.41, 5.74) is 1.24. The van der Waals surface area contributed by atoms with Crippen LogP contribution in [0.25, 0.3) is 0 Å². The summed E-state index contributed by atoms with van der Waals surface area (Å²) in [7, 11) is 1.67. The summed E-state index contributed by atoms with van der Waals surface area (Å²) in [5.74, 6) is 1.32. The molecule has 1 amide bonds. The number of carbonyl (C=O) groups is 1.